The molecule has 37 heavy (non-hydrogen) atoms. The van der Waals surface area contributed by atoms with Crippen LogP contribution in [0.15, 0.2) is 54.0 Å². The zero-order chi connectivity index (χ0) is 27.2. The maximum Gasteiger partial charge on any atom is 0.510 e. The second kappa shape index (κ2) is 12.3. The third-order valence-electron chi connectivity index (χ3n) is 4.76. The van der Waals surface area contributed by atoms with Crippen molar-refractivity contribution in [2.75, 3.05) is 6.79 Å². The summed E-state index contributed by atoms with van der Waals surface area (Å²) in [7, 11) is -4.79. The van der Waals surface area contributed by atoms with Crippen molar-refractivity contribution in [1.82, 2.24) is 5.32 Å². The zero-order valence-corrected chi connectivity index (χ0v) is 22.0. The van der Waals surface area contributed by atoms with Crippen LogP contribution in [0.3, 0.4) is 0 Å². The highest BCUT2D eigenvalue weighted by atomic mass is 35.5. The van der Waals surface area contributed by atoms with Gasteiger partial charge < -0.3 is 19.7 Å². The highest BCUT2D eigenvalue weighted by Crippen LogP contribution is 2.58. The third-order valence-corrected chi connectivity index (χ3v) is 7.62. The summed E-state index contributed by atoms with van der Waals surface area (Å²) in [6.07, 6.45) is 0.987. The van der Waals surface area contributed by atoms with Crippen LogP contribution in [0, 0.1) is 10.1 Å². The number of benzene rings is 2. The molecular formula is C23H22ClN2O9PS. The number of non-ortho nitro benzene ring substituents is 1. The predicted molar refractivity (Wildman–Crippen MR) is 138 cm³/mol. The molecule has 2 aromatic carbocycles. The van der Waals surface area contributed by atoms with Gasteiger partial charge in [0.05, 0.1) is 11.0 Å². The number of carbonyl (C=O) groups excluding carboxylic acids is 2. The Kier molecular flexibility index (Phi) is 9.41. The van der Waals surface area contributed by atoms with E-state index < -0.39 is 43.1 Å². The monoisotopic (exact) mass is 568 g/mol. The van der Waals surface area contributed by atoms with E-state index >= 15 is 0 Å². The van der Waals surface area contributed by atoms with Gasteiger partial charge in [-0.1, -0.05) is 23.7 Å². The molecule has 0 bridgehead atoms. The van der Waals surface area contributed by atoms with E-state index in [1.165, 1.54) is 47.2 Å². The molecule has 2 atom stereocenters. The smallest absolute Gasteiger partial charge is 0.432 e. The lowest BCUT2D eigenvalue weighted by molar-refractivity contribution is -0.384. The molecule has 3 rings (SSSR count). The van der Waals surface area contributed by atoms with Gasteiger partial charge in [-0.25, -0.2) is 4.79 Å². The fourth-order valence-electron chi connectivity index (χ4n) is 3.19. The second-order valence-electron chi connectivity index (χ2n) is 7.80. The summed E-state index contributed by atoms with van der Waals surface area (Å²) in [4.78, 5) is 45.9. The lowest BCUT2D eigenvalue weighted by Gasteiger charge is -2.21. The van der Waals surface area contributed by atoms with Gasteiger partial charge >= 0.3 is 13.8 Å². The number of fused-ring (bicyclic) bond motifs is 1. The molecule has 0 saturated carbocycles. The topological polar surface area (TPSA) is 154 Å². The maximum absolute atomic E-state index is 13.3. The van der Waals surface area contributed by atoms with Crippen LogP contribution in [0.5, 0.6) is 0 Å². The number of hydrogen-bond acceptors (Lipinski definition) is 9. The quantitative estimate of drug-likeness (QED) is 0.0982. The van der Waals surface area contributed by atoms with Crippen LogP contribution >= 0.6 is 30.5 Å². The van der Waals surface area contributed by atoms with Gasteiger partial charge in [0, 0.05) is 28.1 Å². The van der Waals surface area contributed by atoms with Gasteiger partial charge in [-0.2, -0.15) is 0 Å². The Bertz CT molecular complexity index is 1390. The number of nitrogens with one attached hydrogen (secondary N) is 1. The van der Waals surface area contributed by atoms with Crippen molar-refractivity contribution >= 4 is 64.4 Å². The summed E-state index contributed by atoms with van der Waals surface area (Å²) in [5.41, 5.74) is -1.27. The Balaban J connectivity index is 1.86. The molecule has 1 heterocycles. The predicted octanol–water partition coefficient (Wildman–Crippen LogP) is 6.01. The summed E-state index contributed by atoms with van der Waals surface area (Å²) in [6, 6.07) is 10.6. The Morgan fingerprint density at radius 1 is 1.27 bits per heavy atom. The standard InChI is InChI=1S/C23H22ClN2O9PS/c1-14(2)35-23(28)33-13-34-36(31,32)21(19-12-37-20-7-6-16(24)11-18(19)20)22(27)25-9-8-15-4-3-5-17(10-15)26(29)30/h3-12,14,21H,13H2,1-2H3,(H,25,27)(H,31,32)/b9-8+. The Hall–Kier alpha value is -3.28. The van der Waals surface area contributed by atoms with E-state index in [0.29, 0.717) is 20.7 Å². The first-order valence-electron chi connectivity index (χ1n) is 10.7. The molecule has 2 N–H and O–H groups in total. The number of rotatable bonds is 10. The highest BCUT2D eigenvalue weighted by Gasteiger charge is 2.41. The zero-order valence-electron chi connectivity index (χ0n) is 19.5. The number of halogens is 1. The van der Waals surface area contributed by atoms with Gasteiger partial charge in [0.1, 0.15) is 0 Å². The van der Waals surface area contributed by atoms with E-state index in [0.717, 1.165) is 0 Å². The van der Waals surface area contributed by atoms with Crippen molar-refractivity contribution < 1.29 is 38.0 Å². The molecule has 0 aliphatic rings. The highest BCUT2D eigenvalue weighted by molar-refractivity contribution is 7.54. The van der Waals surface area contributed by atoms with Crippen LogP contribution in [-0.2, 0) is 23.4 Å². The maximum atomic E-state index is 13.3. The number of thiophene rings is 1. The molecular weight excluding hydrogens is 547 g/mol. The van der Waals surface area contributed by atoms with Crippen LogP contribution in [0.4, 0.5) is 10.5 Å². The van der Waals surface area contributed by atoms with Crippen LogP contribution in [0.2, 0.25) is 5.02 Å². The van der Waals surface area contributed by atoms with Crippen LogP contribution < -0.4 is 5.32 Å². The van der Waals surface area contributed by atoms with Crippen molar-refractivity contribution in [1.29, 1.82) is 0 Å². The van der Waals surface area contributed by atoms with E-state index in [9.17, 15) is 29.2 Å². The van der Waals surface area contributed by atoms with Crippen molar-refractivity contribution in [2.45, 2.75) is 25.6 Å². The summed E-state index contributed by atoms with van der Waals surface area (Å²) in [6.45, 7) is 2.25. The second-order valence-corrected chi connectivity index (χ2v) is 11.1. The fourth-order valence-corrected chi connectivity index (χ4v) is 5.72. The minimum absolute atomic E-state index is 0.141. The van der Waals surface area contributed by atoms with Crippen LogP contribution in [0.25, 0.3) is 16.2 Å². The van der Waals surface area contributed by atoms with Crippen LogP contribution in [-0.4, -0.2) is 34.8 Å². The fraction of sp³-hybridized carbons (Fsp3) is 0.217. The average Bonchev–Trinajstić information content (AvgIpc) is 3.21. The van der Waals surface area contributed by atoms with Gasteiger partial charge in [-0.3, -0.25) is 24.0 Å². The minimum atomic E-state index is -4.79. The molecule has 0 aliphatic heterocycles. The molecule has 0 fully saturated rings. The molecule has 3 aromatic rings. The molecule has 1 aromatic heterocycles. The van der Waals surface area contributed by atoms with Gasteiger partial charge in [0.15, 0.2) is 5.66 Å². The van der Waals surface area contributed by atoms with Gasteiger partial charge in [0.25, 0.3) is 5.69 Å². The Labute approximate surface area is 220 Å². The molecule has 196 valence electrons. The molecule has 11 nitrogen and oxygen atoms in total. The van der Waals surface area contributed by atoms with Crippen molar-refractivity contribution in [3.05, 3.63) is 80.3 Å². The normalized spacial score (nSPS) is 13.9. The lowest BCUT2D eigenvalue weighted by atomic mass is 10.1. The number of nitrogens with zero attached hydrogens (tertiary/aromatic N) is 1. The van der Waals surface area contributed by atoms with E-state index in [1.807, 2.05) is 0 Å². The summed E-state index contributed by atoms with van der Waals surface area (Å²) < 4.78 is 28.4. The molecule has 0 aliphatic carbocycles. The number of carbonyl (C=O) groups is 2. The molecule has 2 unspecified atom stereocenters. The molecule has 1 amide bonds. The molecule has 14 heteroatoms. The summed E-state index contributed by atoms with van der Waals surface area (Å²) in [5.74, 6) is -0.906. The molecule has 0 radical (unpaired) electrons. The first-order valence-corrected chi connectivity index (χ1v) is 13.6. The van der Waals surface area contributed by atoms with E-state index in [-0.39, 0.29) is 11.3 Å². The lowest BCUT2D eigenvalue weighted by Crippen LogP contribution is -2.26. The number of nitro groups is 1. The number of ether oxygens (including phenoxy) is 2. The largest absolute Gasteiger partial charge is 0.510 e. The molecule has 0 saturated heterocycles. The first kappa shape index (κ1) is 28.3. The summed E-state index contributed by atoms with van der Waals surface area (Å²) in [5, 5.41) is 15.7. The molecule has 0 spiro atoms. The van der Waals surface area contributed by atoms with Crippen molar-refractivity contribution in [2.24, 2.45) is 0 Å². The van der Waals surface area contributed by atoms with Crippen molar-refractivity contribution in [3.63, 3.8) is 0 Å². The summed E-state index contributed by atoms with van der Waals surface area (Å²) >= 11 is 7.33. The van der Waals surface area contributed by atoms with E-state index in [2.05, 4.69) is 10.1 Å². The Morgan fingerprint density at radius 3 is 2.73 bits per heavy atom. The SMILES string of the molecule is CC(C)OC(=O)OCOP(=O)(O)C(C(=O)N/C=C/c1cccc([N+](=O)[O-])c1)c1csc2ccc(Cl)cc12. The number of hydrogen-bond donors (Lipinski definition) is 2. The van der Waals surface area contributed by atoms with Gasteiger partial charge in [-0.15, -0.1) is 11.3 Å². The van der Waals surface area contributed by atoms with Gasteiger partial charge in [0.2, 0.25) is 12.7 Å². The number of amides is 1. The average molecular weight is 569 g/mol. The first-order chi connectivity index (χ1) is 17.5. The van der Waals surface area contributed by atoms with E-state index in [4.69, 9.17) is 20.9 Å². The van der Waals surface area contributed by atoms with Crippen LogP contribution in [0.1, 0.15) is 30.6 Å². The van der Waals surface area contributed by atoms with Crippen molar-refractivity contribution in [3.8, 4) is 0 Å². The minimum Gasteiger partial charge on any atom is -0.432 e. The number of nitro benzene ring substituents is 1. The Morgan fingerprint density at radius 2 is 2.03 bits per heavy atom. The van der Waals surface area contributed by atoms with Gasteiger partial charge in [-0.05, 0) is 60.0 Å². The van der Waals surface area contributed by atoms with E-state index in [1.54, 1.807) is 38.1 Å². The third kappa shape index (κ3) is 7.61.